The smallest absolute Gasteiger partial charge is 0.311 e. The highest BCUT2D eigenvalue weighted by Gasteiger charge is 2.67. The van der Waals surface area contributed by atoms with Crippen LogP contribution in [0.3, 0.4) is 0 Å². The molecule has 5 heteroatoms. The second kappa shape index (κ2) is 4.56. The molecular weight excluding hydrogens is 280 g/mol. The van der Waals surface area contributed by atoms with Crippen LogP contribution in [0.5, 0.6) is 0 Å². The number of hydrogen-bond acceptors (Lipinski definition) is 4. The first-order valence-corrected chi connectivity index (χ1v) is 7.84. The number of anilines is 1. The van der Waals surface area contributed by atoms with Crippen molar-refractivity contribution in [2.75, 3.05) is 25.6 Å². The second-order valence-electron chi connectivity index (χ2n) is 6.45. The fourth-order valence-electron chi connectivity index (χ4n) is 4.78. The lowest BCUT2D eigenvalue weighted by Gasteiger charge is -2.36. The standard InChI is InChI=1S/C17H20N2O3/c1-18-14-8-4-3-7-12(14)17(16(18)21)13(15(20)22-2)10-11-6-5-9-19(11)17/h3-4,7-8,11,13H,5-6,9-10H2,1-2H3/t11-,13+,17+/m1/s1. The molecule has 0 saturated carbocycles. The summed E-state index contributed by atoms with van der Waals surface area (Å²) in [7, 11) is 3.21. The van der Waals surface area contributed by atoms with Crippen molar-refractivity contribution in [2.24, 2.45) is 5.92 Å². The van der Waals surface area contributed by atoms with E-state index in [1.54, 1.807) is 11.9 Å². The molecule has 1 spiro atoms. The Morgan fingerprint density at radius 3 is 2.91 bits per heavy atom. The maximum atomic E-state index is 13.2. The summed E-state index contributed by atoms with van der Waals surface area (Å²) in [6.07, 6.45) is 2.84. The van der Waals surface area contributed by atoms with Crippen LogP contribution in [0, 0.1) is 5.92 Å². The van der Waals surface area contributed by atoms with Crippen LogP contribution in [0.4, 0.5) is 5.69 Å². The first-order chi connectivity index (χ1) is 10.6. The Morgan fingerprint density at radius 1 is 1.36 bits per heavy atom. The molecule has 0 aliphatic carbocycles. The van der Waals surface area contributed by atoms with E-state index in [-0.39, 0.29) is 11.9 Å². The van der Waals surface area contributed by atoms with Crippen molar-refractivity contribution in [1.29, 1.82) is 0 Å². The summed E-state index contributed by atoms with van der Waals surface area (Å²) in [4.78, 5) is 29.6. The molecule has 1 aromatic rings. The molecule has 0 radical (unpaired) electrons. The van der Waals surface area contributed by atoms with Gasteiger partial charge in [-0.05, 0) is 31.9 Å². The van der Waals surface area contributed by atoms with Gasteiger partial charge in [0.25, 0.3) is 5.91 Å². The minimum absolute atomic E-state index is 0.00787. The largest absolute Gasteiger partial charge is 0.469 e. The van der Waals surface area contributed by atoms with Crippen LogP contribution in [-0.4, -0.2) is 43.5 Å². The second-order valence-corrected chi connectivity index (χ2v) is 6.45. The van der Waals surface area contributed by atoms with E-state index in [0.717, 1.165) is 30.6 Å². The van der Waals surface area contributed by atoms with Gasteiger partial charge in [0.15, 0.2) is 0 Å². The van der Waals surface area contributed by atoms with E-state index in [2.05, 4.69) is 4.90 Å². The van der Waals surface area contributed by atoms with E-state index in [4.69, 9.17) is 4.74 Å². The van der Waals surface area contributed by atoms with E-state index in [1.807, 2.05) is 24.3 Å². The third kappa shape index (κ3) is 1.42. The van der Waals surface area contributed by atoms with E-state index < -0.39 is 11.5 Å². The Balaban J connectivity index is 1.96. The highest BCUT2D eigenvalue weighted by atomic mass is 16.5. The van der Waals surface area contributed by atoms with Crippen molar-refractivity contribution in [3.8, 4) is 0 Å². The summed E-state index contributed by atoms with van der Waals surface area (Å²) in [5, 5.41) is 0. The summed E-state index contributed by atoms with van der Waals surface area (Å²) in [5.41, 5.74) is 1.01. The van der Waals surface area contributed by atoms with E-state index in [1.165, 1.54) is 7.11 Å². The van der Waals surface area contributed by atoms with Crippen LogP contribution in [0.1, 0.15) is 24.8 Å². The molecule has 4 rings (SSSR count). The third-order valence-corrected chi connectivity index (χ3v) is 5.63. The first-order valence-electron chi connectivity index (χ1n) is 7.84. The number of benzene rings is 1. The molecule has 1 aromatic carbocycles. The van der Waals surface area contributed by atoms with Crippen molar-refractivity contribution in [2.45, 2.75) is 30.8 Å². The molecule has 2 saturated heterocycles. The highest BCUT2D eigenvalue weighted by Crippen LogP contribution is 2.56. The van der Waals surface area contributed by atoms with Crippen LogP contribution in [0.2, 0.25) is 0 Å². The molecular formula is C17H20N2O3. The number of carbonyl (C=O) groups excluding carboxylic acids is 2. The number of methoxy groups -OCH3 is 1. The first kappa shape index (κ1) is 13.8. The Labute approximate surface area is 129 Å². The Morgan fingerprint density at radius 2 is 2.14 bits per heavy atom. The molecule has 3 atom stereocenters. The number of rotatable bonds is 1. The number of fused-ring (bicyclic) bond motifs is 4. The zero-order valence-corrected chi connectivity index (χ0v) is 12.9. The fourth-order valence-corrected chi connectivity index (χ4v) is 4.78. The lowest BCUT2D eigenvalue weighted by Crippen LogP contribution is -2.54. The quantitative estimate of drug-likeness (QED) is 0.738. The maximum absolute atomic E-state index is 13.2. The molecule has 0 bridgehead atoms. The number of likely N-dealkylation sites (N-methyl/N-ethyl adjacent to an activating group) is 1. The minimum atomic E-state index is -0.862. The maximum Gasteiger partial charge on any atom is 0.311 e. The molecule has 2 fully saturated rings. The third-order valence-electron chi connectivity index (χ3n) is 5.63. The SMILES string of the molecule is COC(=O)[C@@H]1C[C@H]2CCCN2[C@]12C(=O)N(C)c1ccccc12. The van der Waals surface area contributed by atoms with Gasteiger partial charge in [-0.15, -0.1) is 0 Å². The topological polar surface area (TPSA) is 49.9 Å². The zero-order chi connectivity index (χ0) is 15.5. The van der Waals surface area contributed by atoms with Gasteiger partial charge in [-0.3, -0.25) is 14.5 Å². The molecule has 116 valence electrons. The summed E-state index contributed by atoms with van der Waals surface area (Å²) < 4.78 is 5.05. The predicted octanol–water partition coefficient (Wildman–Crippen LogP) is 1.52. The molecule has 1 amide bonds. The minimum Gasteiger partial charge on any atom is -0.469 e. The summed E-state index contributed by atoms with van der Waals surface area (Å²) >= 11 is 0. The number of para-hydroxylation sites is 1. The number of nitrogens with zero attached hydrogens (tertiary/aromatic N) is 2. The molecule has 5 nitrogen and oxygen atoms in total. The van der Waals surface area contributed by atoms with Crippen LogP contribution in [-0.2, 0) is 19.9 Å². The number of esters is 1. The predicted molar refractivity (Wildman–Crippen MR) is 81.4 cm³/mol. The average Bonchev–Trinajstić information content (AvgIpc) is 3.17. The van der Waals surface area contributed by atoms with Crippen molar-refractivity contribution in [3.05, 3.63) is 29.8 Å². The Bertz CT molecular complexity index is 659. The average molecular weight is 300 g/mol. The van der Waals surface area contributed by atoms with Gasteiger partial charge < -0.3 is 9.64 Å². The van der Waals surface area contributed by atoms with Gasteiger partial charge in [0.1, 0.15) is 5.54 Å². The molecule has 3 heterocycles. The van der Waals surface area contributed by atoms with E-state index in [9.17, 15) is 9.59 Å². The number of amides is 1. The number of carbonyl (C=O) groups is 2. The summed E-state index contributed by atoms with van der Waals surface area (Å²) in [6, 6.07) is 8.14. The van der Waals surface area contributed by atoms with Crippen molar-refractivity contribution < 1.29 is 14.3 Å². The van der Waals surface area contributed by atoms with Gasteiger partial charge >= 0.3 is 5.97 Å². The van der Waals surface area contributed by atoms with E-state index in [0.29, 0.717) is 12.5 Å². The Kier molecular flexibility index (Phi) is 2.85. The summed E-state index contributed by atoms with van der Waals surface area (Å²) in [5.74, 6) is -0.678. The zero-order valence-electron chi connectivity index (χ0n) is 12.9. The lowest BCUT2D eigenvalue weighted by atomic mass is 9.79. The fraction of sp³-hybridized carbons (Fsp3) is 0.529. The lowest BCUT2D eigenvalue weighted by molar-refractivity contribution is -0.153. The van der Waals surface area contributed by atoms with Gasteiger partial charge in [0, 0.05) is 24.3 Å². The van der Waals surface area contributed by atoms with Gasteiger partial charge in [-0.1, -0.05) is 18.2 Å². The molecule has 0 unspecified atom stereocenters. The number of hydrogen-bond donors (Lipinski definition) is 0. The molecule has 0 aromatic heterocycles. The van der Waals surface area contributed by atoms with Crippen LogP contribution in [0.25, 0.3) is 0 Å². The van der Waals surface area contributed by atoms with Gasteiger partial charge in [0.2, 0.25) is 0 Å². The normalized spacial score (nSPS) is 33.4. The van der Waals surface area contributed by atoms with Crippen molar-refractivity contribution in [1.82, 2.24) is 4.90 Å². The number of ether oxygens (including phenoxy) is 1. The highest BCUT2D eigenvalue weighted by molar-refractivity contribution is 6.10. The van der Waals surface area contributed by atoms with Crippen molar-refractivity contribution in [3.63, 3.8) is 0 Å². The molecule has 0 N–H and O–H groups in total. The monoisotopic (exact) mass is 300 g/mol. The van der Waals surface area contributed by atoms with Crippen LogP contribution >= 0.6 is 0 Å². The molecule has 22 heavy (non-hydrogen) atoms. The van der Waals surface area contributed by atoms with Gasteiger partial charge in [-0.2, -0.15) is 0 Å². The Hall–Kier alpha value is -1.88. The van der Waals surface area contributed by atoms with Crippen LogP contribution < -0.4 is 4.90 Å². The van der Waals surface area contributed by atoms with Gasteiger partial charge in [-0.25, -0.2) is 0 Å². The molecule has 3 aliphatic rings. The van der Waals surface area contributed by atoms with Crippen molar-refractivity contribution >= 4 is 17.6 Å². The van der Waals surface area contributed by atoms with Crippen LogP contribution in [0.15, 0.2) is 24.3 Å². The van der Waals surface area contributed by atoms with Gasteiger partial charge in [0.05, 0.1) is 13.0 Å². The molecule has 3 aliphatic heterocycles. The summed E-state index contributed by atoms with van der Waals surface area (Å²) in [6.45, 7) is 0.867. The van der Waals surface area contributed by atoms with E-state index >= 15 is 0 Å².